The summed E-state index contributed by atoms with van der Waals surface area (Å²) in [6, 6.07) is 0. The molecule has 1 N–H and O–H groups in total. The van der Waals surface area contributed by atoms with Gasteiger partial charge in [-0.15, -0.1) is 0 Å². The maximum absolute atomic E-state index is 6.25. The standard InChI is InChI=1S/C12H23NO2/c1-3-10-8-13-9-12(15-10)6-4-5-11(7-12)14-2/h10-11,13H,3-9H2,1-2H3. The van der Waals surface area contributed by atoms with Gasteiger partial charge in [0.1, 0.15) is 0 Å². The third kappa shape index (κ3) is 2.52. The Labute approximate surface area is 92.5 Å². The highest BCUT2D eigenvalue weighted by atomic mass is 16.5. The summed E-state index contributed by atoms with van der Waals surface area (Å²) in [6.07, 6.45) is 6.58. The van der Waals surface area contributed by atoms with Gasteiger partial charge in [0, 0.05) is 26.6 Å². The van der Waals surface area contributed by atoms with E-state index in [1.165, 1.54) is 19.3 Å². The first kappa shape index (κ1) is 11.4. The minimum Gasteiger partial charge on any atom is -0.381 e. The summed E-state index contributed by atoms with van der Waals surface area (Å²) in [7, 11) is 1.82. The van der Waals surface area contributed by atoms with Gasteiger partial charge in [0.05, 0.1) is 17.8 Å². The van der Waals surface area contributed by atoms with Crippen LogP contribution in [0.3, 0.4) is 0 Å². The molecule has 0 aromatic carbocycles. The van der Waals surface area contributed by atoms with Crippen molar-refractivity contribution in [1.29, 1.82) is 0 Å². The van der Waals surface area contributed by atoms with Crippen LogP contribution in [0.2, 0.25) is 0 Å². The van der Waals surface area contributed by atoms with Gasteiger partial charge in [-0.1, -0.05) is 6.92 Å². The van der Waals surface area contributed by atoms with E-state index in [-0.39, 0.29) is 5.60 Å². The molecule has 3 nitrogen and oxygen atoms in total. The molecular formula is C12H23NO2. The first-order chi connectivity index (χ1) is 7.28. The van der Waals surface area contributed by atoms with Crippen LogP contribution in [0.25, 0.3) is 0 Å². The average molecular weight is 213 g/mol. The molecule has 1 spiro atoms. The van der Waals surface area contributed by atoms with E-state index in [9.17, 15) is 0 Å². The molecule has 3 heteroatoms. The van der Waals surface area contributed by atoms with E-state index < -0.39 is 0 Å². The molecule has 3 unspecified atom stereocenters. The molecule has 15 heavy (non-hydrogen) atoms. The van der Waals surface area contributed by atoms with Crippen molar-refractivity contribution >= 4 is 0 Å². The molecule has 0 radical (unpaired) electrons. The summed E-state index contributed by atoms with van der Waals surface area (Å²) in [4.78, 5) is 0. The number of hydrogen-bond donors (Lipinski definition) is 1. The molecule has 3 atom stereocenters. The molecule has 0 bridgehead atoms. The molecule has 1 saturated carbocycles. The maximum atomic E-state index is 6.25. The Morgan fingerprint density at radius 3 is 3.13 bits per heavy atom. The molecule has 88 valence electrons. The highest BCUT2D eigenvalue weighted by molar-refractivity contribution is 4.94. The molecule has 1 aliphatic carbocycles. The van der Waals surface area contributed by atoms with Crippen LogP contribution in [0.15, 0.2) is 0 Å². The first-order valence-electron chi connectivity index (χ1n) is 6.19. The van der Waals surface area contributed by atoms with Gasteiger partial charge in [-0.3, -0.25) is 0 Å². The van der Waals surface area contributed by atoms with Crippen LogP contribution in [0.4, 0.5) is 0 Å². The van der Waals surface area contributed by atoms with E-state index in [0.717, 1.165) is 25.9 Å². The van der Waals surface area contributed by atoms with Crippen molar-refractivity contribution < 1.29 is 9.47 Å². The second kappa shape index (κ2) is 4.81. The fourth-order valence-electron chi connectivity index (χ4n) is 2.87. The van der Waals surface area contributed by atoms with Gasteiger partial charge in [-0.2, -0.15) is 0 Å². The van der Waals surface area contributed by atoms with Crippen molar-refractivity contribution in [1.82, 2.24) is 5.32 Å². The zero-order chi connectivity index (χ0) is 10.7. The fraction of sp³-hybridized carbons (Fsp3) is 1.00. The SMILES string of the molecule is CCC1CNCC2(CCCC(OC)C2)O1. The van der Waals surface area contributed by atoms with Crippen molar-refractivity contribution in [2.75, 3.05) is 20.2 Å². The van der Waals surface area contributed by atoms with Crippen LogP contribution in [-0.4, -0.2) is 38.0 Å². The van der Waals surface area contributed by atoms with E-state index in [1.54, 1.807) is 0 Å². The van der Waals surface area contributed by atoms with Gasteiger partial charge >= 0.3 is 0 Å². The zero-order valence-corrected chi connectivity index (χ0v) is 9.92. The second-order valence-electron chi connectivity index (χ2n) is 4.92. The van der Waals surface area contributed by atoms with Crippen molar-refractivity contribution in [3.8, 4) is 0 Å². The highest BCUT2D eigenvalue weighted by Crippen LogP contribution is 2.35. The van der Waals surface area contributed by atoms with Crippen LogP contribution in [-0.2, 0) is 9.47 Å². The van der Waals surface area contributed by atoms with Gasteiger partial charge in [0.2, 0.25) is 0 Å². The minimum atomic E-state index is 0.0673. The van der Waals surface area contributed by atoms with Gasteiger partial charge in [-0.25, -0.2) is 0 Å². The lowest BCUT2D eigenvalue weighted by atomic mass is 9.81. The number of nitrogens with one attached hydrogen (secondary N) is 1. The number of morpholine rings is 1. The Hall–Kier alpha value is -0.120. The Morgan fingerprint density at radius 1 is 1.53 bits per heavy atom. The lowest BCUT2D eigenvalue weighted by Gasteiger charge is -2.46. The van der Waals surface area contributed by atoms with Crippen LogP contribution < -0.4 is 5.32 Å². The van der Waals surface area contributed by atoms with E-state index in [4.69, 9.17) is 9.47 Å². The molecule has 2 rings (SSSR count). The predicted molar refractivity (Wildman–Crippen MR) is 60.0 cm³/mol. The van der Waals surface area contributed by atoms with Crippen LogP contribution >= 0.6 is 0 Å². The number of methoxy groups -OCH3 is 1. The lowest BCUT2D eigenvalue weighted by Crippen LogP contribution is -2.56. The molecule has 1 saturated heterocycles. The quantitative estimate of drug-likeness (QED) is 0.757. The largest absolute Gasteiger partial charge is 0.381 e. The minimum absolute atomic E-state index is 0.0673. The molecule has 2 fully saturated rings. The molecular weight excluding hydrogens is 190 g/mol. The van der Waals surface area contributed by atoms with Crippen LogP contribution in [0.1, 0.15) is 39.0 Å². The van der Waals surface area contributed by atoms with Gasteiger partial charge in [0.25, 0.3) is 0 Å². The first-order valence-corrected chi connectivity index (χ1v) is 6.19. The van der Waals surface area contributed by atoms with Crippen LogP contribution in [0.5, 0.6) is 0 Å². The Balaban J connectivity index is 1.98. The van der Waals surface area contributed by atoms with E-state index in [1.807, 2.05) is 7.11 Å². The summed E-state index contributed by atoms with van der Waals surface area (Å²) >= 11 is 0. The lowest BCUT2D eigenvalue weighted by molar-refractivity contribution is -0.155. The Bertz CT molecular complexity index is 186. The molecule has 1 aliphatic heterocycles. The molecule has 2 aliphatic rings. The van der Waals surface area contributed by atoms with Crippen LogP contribution in [0, 0.1) is 0 Å². The Kier molecular flexibility index (Phi) is 3.65. The summed E-state index contributed by atoms with van der Waals surface area (Å²) in [6.45, 7) is 4.21. The van der Waals surface area contributed by atoms with Gasteiger partial charge in [0.15, 0.2) is 0 Å². The highest BCUT2D eigenvalue weighted by Gasteiger charge is 2.41. The third-order valence-electron chi connectivity index (χ3n) is 3.78. The molecule has 0 amide bonds. The molecule has 1 heterocycles. The summed E-state index contributed by atoms with van der Waals surface area (Å²) in [5.41, 5.74) is 0.0673. The van der Waals surface area contributed by atoms with Crippen molar-refractivity contribution in [3.05, 3.63) is 0 Å². The smallest absolute Gasteiger partial charge is 0.0835 e. The second-order valence-corrected chi connectivity index (χ2v) is 4.92. The van der Waals surface area contributed by atoms with Crippen molar-refractivity contribution in [3.63, 3.8) is 0 Å². The van der Waals surface area contributed by atoms with Gasteiger partial charge < -0.3 is 14.8 Å². The summed E-state index contributed by atoms with van der Waals surface area (Å²) in [5, 5.41) is 3.51. The topological polar surface area (TPSA) is 30.5 Å². The van der Waals surface area contributed by atoms with E-state index >= 15 is 0 Å². The van der Waals surface area contributed by atoms with Crippen molar-refractivity contribution in [2.45, 2.75) is 56.8 Å². The van der Waals surface area contributed by atoms with Crippen molar-refractivity contribution in [2.24, 2.45) is 0 Å². The maximum Gasteiger partial charge on any atom is 0.0835 e. The van der Waals surface area contributed by atoms with Gasteiger partial charge in [-0.05, 0) is 25.7 Å². The number of ether oxygens (including phenoxy) is 2. The average Bonchev–Trinajstić information content (AvgIpc) is 2.29. The fourth-order valence-corrected chi connectivity index (χ4v) is 2.87. The molecule has 0 aromatic heterocycles. The van der Waals surface area contributed by atoms with E-state index in [0.29, 0.717) is 12.2 Å². The normalized spacial score (nSPS) is 42.0. The number of hydrogen-bond acceptors (Lipinski definition) is 3. The third-order valence-corrected chi connectivity index (χ3v) is 3.78. The summed E-state index contributed by atoms with van der Waals surface area (Å²) < 4.78 is 11.7. The monoisotopic (exact) mass is 213 g/mol. The molecule has 0 aromatic rings. The zero-order valence-electron chi connectivity index (χ0n) is 9.92. The number of rotatable bonds is 2. The predicted octanol–water partition coefficient (Wildman–Crippen LogP) is 1.71. The van der Waals surface area contributed by atoms with E-state index in [2.05, 4.69) is 12.2 Å². The summed E-state index contributed by atoms with van der Waals surface area (Å²) in [5.74, 6) is 0. The Morgan fingerprint density at radius 2 is 2.40 bits per heavy atom.